The largest absolute Gasteiger partial charge is 0.342 e. The minimum Gasteiger partial charge on any atom is -0.342 e. The molecule has 23 heavy (non-hydrogen) atoms. The molecule has 1 unspecified atom stereocenters. The number of H-pyrrole nitrogens is 1. The second-order valence-corrected chi connectivity index (χ2v) is 5.47. The summed E-state index contributed by atoms with van der Waals surface area (Å²) in [6.07, 6.45) is 3.25. The number of carbonyl (C=O) groups is 1. The molecule has 1 aromatic heterocycles. The maximum Gasteiger partial charge on any atom is 0.228 e. The van der Waals surface area contributed by atoms with Crippen molar-refractivity contribution in [1.29, 1.82) is 0 Å². The fraction of sp³-hybridized carbons (Fsp3) is 0.500. The van der Waals surface area contributed by atoms with Crippen LogP contribution in [0.15, 0.2) is 18.2 Å². The molecule has 2 aromatic rings. The van der Waals surface area contributed by atoms with Gasteiger partial charge in [-0.15, -0.1) is 24.8 Å². The van der Waals surface area contributed by atoms with E-state index >= 15 is 0 Å². The van der Waals surface area contributed by atoms with Gasteiger partial charge in [-0.1, -0.05) is 20.3 Å². The molecule has 2 rings (SSSR count). The minimum atomic E-state index is -0.0624. The van der Waals surface area contributed by atoms with Crippen molar-refractivity contribution < 1.29 is 4.79 Å². The molecular formula is C16H26Cl2N4O. The third-order valence-electron chi connectivity index (χ3n) is 3.52. The second kappa shape index (κ2) is 10.5. The molecule has 1 amide bonds. The van der Waals surface area contributed by atoms with E-state index in [2.05, 4.69) is 27.5 Å². The van der Waals surface area contributed by atoms with E-state index in [-0.39, 0.29) is 36.6 Å². The monoisotopic (exact) mass is 360 g/mol. The van der Waals surface area contributed by atoms with Gasteiger partial charge >= 0.3 is 0 Å². The summed E-state index contributed by atoms with van der Waals surface area (Å²) in [6.45, 7) is 4.74. The molecule has 0 aliphatic heterocycles. The number of aromatic nitrogens is 2. The minimum absolute atomic E-state index is 0. The smallest absolute Gasteiger partial charge is 0.228 e. The Bertz CT molecular complexity index is 615. The van der Waals surface area contributed by atoms with Gasteiger partial charge in [0.1, 0.15) is 5.82 Å². The lowest BCUT2D eigenvalue weighted by Gasteiger charge is -2.11. The van der Waals surface area contributed by atoms with Crippen molar-refractivity contribution in [3.05, 3.63) is 24.0 Å². The Hall–Kier alpha value is -1.30. The number of benzene rings is 1. The summed E-state index contributed by atoms with van der Waals surface area (Å²) in [5.74, 6) is 0.973. The number of hydrogen-bond acceptors (Lipinski definition) is 3. The molecule has 0 radical (unpaired) electrons. The summed E-state index contributed by atoms with van der Waals surface area (Å²) >= 11 is 0. The van der Waals surface area contributed by atoms with Crippen molar-refractivity contribution in [2.45, 2.75) is 33.1 Å². The molecule has 0 saturated heterocycles. The predicted molar refractivity (Wildman–Crippen MR) is 101 cm³/mol. The van der Waals surface area contributed by atoms with E-state index in [0.717, 1.165) is 41.8 Å². The molecular weight excluding hydrogens is 335 g/mol. The molecule has 1 aromatic carbocycles. The van der Waals surface area contributed by atoms with Crippen molar-refractivity contribution in [3.8, 4) is 0 Å². The molecule has 0 spiro atoms. The number of anilines is 1. The maximum atomic E-state index is 12.0. The molecule has 0 fully saturated rings. The first-order valence-electron chi connectivity index (χ1n) is 7.58. The van der Waals surface area contributed by atoms with Crippen LogP contribution in [0.25, 0.3) is 11.0 Å². The van der Waals surface area contributed by atoms with E-state index in [1.807, 2.05) is 32.2 Å². The summed E-state index contributed by atoms with van der Waals surface area (Å²) in [6, 6.07) is 5.79. The van der Waals surface area contributed by atoms with E-state index in [4.69, 9.17) is 0 Å². The van der Waals surface area contributed by atoms with Gasteiger partial charge in [0.25, 0.3) is 0 Å². The van der Waals surface area contributed by atoms with Crippen molar-refractivity contribution >= 4 is 47.4 Å². The summed E-state index contributed by atoms with van der Waals surface area (Å²) in [4.78, 5) is 19.9. The Kier molecular flexibility index (Phi) is 9.88. The second-order valence-electron chi connectivity index (χ2n) is 5.47. The van der Waals surface area contributed by atoms with Crippen LogP contribution in [0.1, 0.15) is 32.5 Å². The Morgan fingerprint density at radius 1 is 1.35 bits per heavy atom. The lowest BCUT2D eigenvalue weighted by atomic mass is 10.1. The summed E-state index contributed by atoms with van der Waals surface area (Å²) in [5.41, 5.74) is 2.73. The number of aromatic amines is 1. The van der Waals surface area contributed by atoms with Crippen LogP contribution in [0, 0.1) is 5.92 Å². The summed E-state index contributed by atoms with van der Waals surface area (Å²) < 4.78 is 0. The third kappa shape index (κ3) is 6.01. The van der Waals surface area contributed by atoms with Crippen LogP contribution < -0.4 is 10.6 Å². The van der Waals surface area contributed by atoms with Crippen LogP contribution in [0.2, 0.25) is 0 Å². The summed E-state index contributed by atoms with van der Waals surface area (Å²) in [5, 5.41) is 5.95. The molecule has 1 heterocycles. The fourth-order valence-electron chi connectivity index (χ4n) is 2.27. The molecule has 130 valence electrons. The Balaban J connectivity index is 0.00000242. The first-order valence-corrected chi connectivity index (χ1v) is 7.58. The molecule has 3 N–H and O–H groups in total. The van der Waals surface area contributed by atoms with Crippen molar-refractivity contribution in [1.82, 2.24) is 15.3 Å². The number of nitrogens with zero attached hydrogens (tertiary/aromatic N) is 1. The standard InChI is InChI=1S/C16H24N4O.2ClH/c1-4-5-6-15-19-13-8-7-12(9-14(13)20-15)18-16(21)11(2)10-17-3;;/h7-9,11,17H,4-6,10H2,1-3H3,(H,18,21)(H,19,20);2*1H. The van der Waals surface area contributed by atoms with Crippen LogP contribution in [0.5, 0.6) is 0 Å². The number of carbonyl (C=O) groups excluding carboxylic acids is 1. The lowest BCUT2D eigenvalue weighted by Crippen LogP contribution is -2.28. The normalized spacial score (nSPS) is 11.4. The number of unbranched alkanes of at least 4 members (excludes halogenated alkanes) is 1. The highest BCUT2D eigenvalue weighted by atomic mass is 35.5. The maximum absolute atomic E-state index is 12.0. The van der Waals surface area contributed by atoms with Crippen molar-refractivity contribution in [2.24, 2.45) is 5.92 Å². The number of halogens is 2. The number of nitrogens with one attached hydrogen (secondary N) is 3. The Labute approximate surface area is 149 Å². The van der Waals surface area contributed by atoms with Gasteiger partial charge in [-0.05, 0) is 31.7 Å². The molecule has 0 bridgehead atoms. The van der Waals surface area contributed by atoms with E-state index < -0.39 is 0 Å². The van der Waals surface area contributed by atoms with Gasteiger partial charge in [0.05, 0.1) is 11.0 Å². The number of hydrogen-bond donors (Lipinski definition) is 3. The highest BCUT2D eigenvalue weighted by Gasteiger charge is 2.12. The molecule has 0 aliphatic carbocycles. The SMILES string of the molecule is CCCCc1nc2ccc(NC(=O)C(C)CNC)cc2[nH]1.Cl.Cl. The Morgan fingerprint density at radius 2 is 2.09 bits per heavy atom. The Morgan fingerprint density at radius 3 is 2.74 bits per heavy atom. The van der Waals surface area contributed by atoms with Gasteiger partial charge in [0, 0.05) is 24.6 Å². The molecule has 0 saturated carbocycles. The highest BCUT2D eigenvalue weighted by Crippen LogP contribution is 2.18. The van der Waals surface area contributed by atoms with Crippen LogP contribution >= 0.6 is 24.8 Å². The van der Waals surface area contributed by atoms with E-state index in [1.54, 1.807) is 0 Å². The zero-order chi connectivity index (χ0) is 15.2. The number of fused-ring (bicyclic) bond motifs is 1. The van der Waals surface area contributed by atoms with Crippen LogP contribution in [-0.2, 0) is 11.2 Å². The highest BCUT2D eigenvalue weighted by molar-refractivity contribution is 5.94. The average molecular weight is 361 g/mol. The van der Waals surface area contributed by atoms with Gasteiger partial charge in [0.15, 0.2) is 0 Å². The quantitative estimate of drug-likeness (QED) is 0.706. The molecule has 5 nitrogen and oxygen atoms in total. The first-order chi connectivity index (χ1) is 10.1. The molecule has 1 atom stereocenters. The topological polar surface area (TPSA) is 69.8 Å². The predicted octanol–water partition coefficient (Wildman–Crippen LogP) is 3.54. The van der Waals surface area contributed by atoms with Crippen LogP contribution in [0.3, 0.4) is 0 Å². The lowest BCUT2D eigenvalue weighted by molar-refractivity contribution is -0.119. The average Bonchev–Trinajstić information content (AvgIpc) is 2.87. The van der Waals surface area contributed by atoms with Gasteiger partial charge in [0.2, 0.25) is 5.91 Å². The van der Waals surface area contributed by atoms with Gasteiger partial charge in [-0.25, -0.2) is 4.98 Å². The van der Waals surface area contributed by atoms with E-state index in [1.165, 1.54) is 0 Å². The zero-order valence-corrected chi connectivity index (χ0v) is 15.4. The number of rotatable bonds is 7. The number of amides is 1. The number of aryl methyl sites for hydroxylation is 1. The number of imidazole rings is 1. The van der Waals surface area contributed by atoms with Gasteiger partial charge in [-0.3, -0.25) is 4.79 Å². The van der Waals surface area contributed by atoms with Crippen molar-refractivity contribution in [2.75, 3.05) is 18.9 Å². The summed E-state index contributed by atoms with van der Waals surface area (Å²) in [7, 11) is 1.85. The van der Waals surface area contributed by atoms with Crippen LogP contribution in [-0.4, -0.2) is 29.5 Å². The van der Waals surface area contributed by atoms with Gasteiger partial charge < -0.3 is 15.6 Å². The van der Waals surface area contributed by atoms with E-state index in [0.29, 0.717) is 6.54 Å². The van der Waals surface area contributed by atoms with E-state index in [9.17, 15) is 4.79 Å². The van der Waals surface area contributed by atoms with Crippen molar-refractivity contribution in [3.63, 3.8) is 0 Å². The molecule has 7 heteroatoms. The molecule has 0 aliphatic rings. The van der Waals surface area contributed by atoms with Gasteiger partial charge in [-0.2, -0.15) is 0 Å². The fourth-order valence-corrected chi connectivity index (χ4v) is 2.27. The first kappa shape index (κ1) is 21.7. The van der Waals surface area contributed by atoms with Crippen LogP contribution in [0.4, 0.5) is 5.69 Å². The third-order valence-corrected chi connectivity index (χ3v) is 3.52. The zero-order valence-electron chi connectivity index (χ0n) is 13.8.